The third-order valence-electron chi connectivity index (χ3n) is 5.24. The standard InChI is InChI=1S/C20H28ClN8O4P/c1-2-33-34(31,32)14-5-3-12(4-6-14)11-29-9-7-13(8-10-29)25-20(24)28-19(30)15-17(22)27-18(23)16(21)26-15/h3-6,13H,2,7-11H2,1H3,(H,31,32)(H4,22,23,27)(H3,24,25,28,30). The van der Waals surface area contributed by atoms with Gasteiger partial charge in [0.2, 0.25) is 0 Å². The number of nitrogens with two attached hydrogens (primary N) is 3. The molecule has 1 fully saturated rings. The average Bonchev–Trinajstić information content (AvgIpc) is 2.78. The predicted molar refractivity (Wildman–Crippen MR) is 131 cm³/mol. The maximum atomic E-state index is 12.3. The van der Waals surface area contributed by atoms with Crippen molar-refractivity contribution in [2.24, 2.45) is 10.7 Å². The molecule has 2 heterocycles. The monoisotopic (exact) mass is 510 g/mol. The molecule has 1 saturated heterocycles. The highest BCUT2D eigenvalue weighted by molar-refractivity contribution is 7.61. The van der Waals surface area contributed by atoms with E-state index in [-0.39, 0.29) is 46.4 Å². The van der Waals surface area contributed by atoms with Crippen LogP contribution in [-0.2, 0) is 15.6 Å². The van der Waals surface area contributed by atoms with Crippen LogP contribution in [0.1, 0.15) is 35.8 Å². The Hall–Kier alpha value is -2.76. The number of nitrogens with one attached hydrogen (secondary N) is 1. The van der Waals surface area contributed by atoms with Gasteiger partial charge in [0.05, 0.1) is 11.9 Å². The van der Waals surface area contributed by atoms with E-state index in [0.29, 0.717) is 6.54 Å². The summed E-state index contributed by atoms with van der Waals surface area (Å²) in [5.41, 5.74) is 17.9. The fourth-order valence-corrected chi connectivity index (χ4v) is 4.69. The van der Waals surface area contributed by atoms with E-state index in [9.17, 15) is 14.3 Å². The largest absolute Gasteiger partial charge is 0.382 e. The third kappa shape index (κ3) is 6.64. The minimum atomic E-state index is -3.76. The van der Waals surface area contributed by atoms with Gasteiger partial charge in [0, 0.05) is 25.7 Å². The summed E-state index contributed by atoms with van der Waals surface area (Å²) in [7, 11) is -3.76. The van der Waals surface area contributed by atoms with Crippen LogP contribution in [-0.4, -0.2) is 57.4 Å². The van der Waals surface area contributed by atoms with Crippen molar-refractivity contribution in [3.05, 3.63) is 40.7 Å². The number of likely N-dealkylation sites (tertiary alicyclic amines) is 1. The third-order valence-corrected chi connectivity index (χ3v) is 7.08. The first-order valence-corrected chi connectivity index (χ1v) is 12.6. The van der Waals surface area contributed by atoms with E-state index in [1.165, 1.54) is 0 Å². The summed E-state index contributed by atoms with van der Waals surface area (Å²) in [6.45, 7) is 4.14. The molecule has 1 unspecified atom stereocenters. The molecule has 0 radical (unpaired) electrons. The summed E-state index contributed by atoms with van der Waals surface area (Å²) in [4.78, 5) is 35.9. The van der Waals surface area contributed by atoms with Crippen LogP contribution in [0.2, 0.25) is 5.15 Å². The first kappa shape index (κ1) is 25.9. The number of hydrogen-bond acceptors (Lipinski definition) is 8. The number of carbonyl (C=O) groups is 1. The first-order chi connectivity index (χ1) is 16.1. The van der Waals surface area contributed by atoms with E-state index in [1.807, 2.05) is 12.1 Å². The summed E-state index contributed by atoms with van der Waals surface area (Å²) in [5, 5.41) is 3.19. The number of halogens is 1. The maximum absolute atomic E-state index is 12.3. The minimum Gasteiger partial charge on any atom is -0.382 e. The topological polar surface area (TPSA) is 195 Å². The molecule has 1 aliphatic heterocycles. The van der Waals surface area contributed by atoms with Gasteiger partial charge in [-0.25, -0.2) is 9.97 Å². The maximum Gasteiger partial charge on any atom is 0.358 e. The number of carbonyl (C=O) groups excluding carboxylic acids is 1. The predicted octanol–water partition coefficient (Wildman–Crippen LogP) is 0.851. The van der Waals surface area contributed by atoms with E-state index in [4.69, 9.17) is 33.3 Å². The van der Waals surface area contributed by atoms with Gasteiger partial charge in [0.25, 0.3) is 0 Å². The fraction of sp³-hybridized carbons (Fsp3) is 0.400. The quantitative estimate of drug-likeness (QED) is 0.201. The number of rotatable bonds is 7. The molecule has 14 heteroatoms. The van der Waals surface area contributed by atoms with Gasteiger partial charge in [-0.15, -0.1) is 0 Å². The van der Waals surface area contributed by atoms with E-state index in [2.05, 4.69) is 25.2 Å². The lowest BCUT2D eigenvalue weighted by molar-refractivity contribution is 0.0998. The number of nitrogen functional groups attached to an aromatic ring is 2. The second-order valence-corrected chi connectivity index (χ2v) is 9.91. The number of anilines is 2. The van der Waals surface area contributed by atoms with E-state index >= 15 is 0 Å². The van der Waals surface area contributed by atoms with Crippen molar-refractivity contribution in [1.82, 2.24) is 20.2 Å². The molecule has 1 amide bonds. The zero-order valence-electron chi connectivity index (χ0n) is 18.6. The molecule has 0 spiro atoms. The van der Waals surface area contributed by atoms with Crippen molar-refractivity contribution in [2.45, 2.75) is 32.4 Å². The summed E-state index contributed by atoms with van der Waals surface area (Å²) in [6.07, 6.45) is 1.57. The van der Waals surface area contributed by atoms with Crippen molar-refractivity contribution in [3.63, 3.8) is 0 Å². The normalized spacial score (nSPS) is 17.3. The van der Waals surface area contributed by atoms with Crippen LogP contribution in [0.25, 0.3) is 0 Å². The van der Waals surface area contributed by atoms with Crippen LogP contribution in [0.15, 0.2) is 29.3 Å². The number of piperidine rings is 1. The Balaban J connectivity index is 1.51. The van der Waals surface area contributed by atoms with Crippen LogP contribution in [0, 0.1) is 0 Å². The molecule has 0 bridgehead atoms. The molecule has 1 aromatic heterocycles. The molecule has 2 aromatic rings. The number of guanidine groups is 1. The molecular weight excluding hydrogens is 483 g/mol. The van der Waals surface area contributed by atoms with Gasteiger partial charge in [-0.1, -0.05) is 23.7 Å². The van der Waals surface area contributed by atoms with Crippen molar-refractivity contribution in [3.8, 4) is 0 Å². The summed E-state index contributed by atoms with van der Waals surface area (Å²) < 4.78 is 17.0. The summed E-state index contributed by atoms with van der Waals surface area (Å²) in [5.74, 6) is -1.07. The number of amides is 1. The number of benzene rings is 1. The van der Waals surface area contributed by atoms with Crippen molar-refractivity contribution >= 4 is 48.0 Å². The Kier molecular flexibility index (Phi) is 8.45. The molecule has 0 saturated carbocycles. The lowest BCUT2D eigenvalue weighted by atomic mass is 10.0. The lowest BCUT2D eigenvalue weighted by Crippen LogP contribution is -2.47. The van der Waals surface area contributed by atoms with Crippen molar-refractivity contribution in [1.29, 1.82) is 0 Å². The first-order valence-electron chi connectivity index (χ1n) is 10.6. The van der Waals surface area contributed by atoms with Crippen LogP contribution in [0.3, 0.4) is 0 Å². The van der Waals surface area contributed by atoms with Crippen LogP contribution in [0.5, 0.6) is 0 Å². The number of aliphatic imine (C=N–C) groups is 1. The molecule has 34 heavy (non-hydrogen) atoms. The molecule has 8 N–H and O–H groups in total. The van der Waals surface area contributed by atoms with Crippen molar-refractivity contribution < 1.29 is 18.8 Å². The Morgan fingerprint density at radius 1 is 1.26 bits per heavy atom. The SMILES string of the molecule is CCOP(=O)(O)c1ccc(CN2CCC(N/C(N)=N/C(=O)c3nc(Cl)c(N)nc3N)CC2)cc1. The molecule has 184 valence electrons. The van der Waals surface area contributed by atoms with Gasteiger partial charge in [0.1, 0.15) is 0 Å². The van der Waals surface area contributed by atoms with Gasteiger partial charge >= 0.3 is 13.5 Å². The van der Waals surface area contributed by atoms with Crippen LogP contribution >= 0.6 is 19.2 Å². The average molecular weight is 511 g/mol. The molecule has 1 atom stereocenters. The fourth-order valence-electron chi connectivity index (χ4n) is 3.54. The Morgan fingerprint density at radius 2 is 1.91 bits per heavy atom. The summed E-state index contributed by atoms with van der Waals surface area (Å²) >= 11 is 5.80. The molecular formula is C20H28ClN8O4P. The van der Waals surface area contributed by atoms with Gasteiger partial charge < -0.3 is 31.9 Å². The molecule has 1 aliphatic rings. The Morgan fingerprint density at radius 3 is 2.53 bits per heavy atom. The highest BCUT2D eigenvalue weighted by Gasteiger charge is 2.23. The molecule has 0 aliphatic carbocycles. The number of hydrogen-bond donors (Lipinski definition) is 5. The Labute approximate surface area is 202 Å². The molecule has 3 rings (SSSR count). The Bertz CT molecular complexity index is 1110. The zero-order valence-corrected chi connectivity index (χ0v) is 20.3. The van der Waals surface area contributed by atoms with Gasteiger partial charge in [-0.3, -0.25) is 14.3 Å². The van der Waals surface area contributed by atoms with Crippen molar-refractivity contribution in [2.75, 3.05) is 31.2 Å². The second-order valence-electron chi connectivity index (χ2n) is 7.74. The van der Waals surface area contributed by atoms with Gasteiger partial charge in [-0.05, 0) is 37.5 Å². The zero-order chi connectivity index (χ0) is 24.9. The van der Waals surface area contributed by atoms with E-state index < -0.39 is 13.5 Å². The van der Waals surface area contributed by atoms with E-state index in [0.717, 1.165) is 31.5 Å². The molecule has 12 nitrogen and oxygen atoms in total. The van der Waals surface area contributed by atoms with Gasteiger partial charge in [-0.2, -0.15) is 4.99 Å². The minimum absolute atomic E-state index is 0.0417. The smallest absolute Gasteiger partial charge is 0.358 e. The van der Waals surface area contributed by atoms with Crippen LogP contribution < -0.4 is 27.8 Å². The number of nitrogens with zero attached hydrogens (tertiary/aromatic N) is 4. The second kappa shape index (κ2) is 11.1. The summed E-state index contributed by atoms with van der Waals surface area (Å²) in [6, 6.07) is 6.95. The lowest BCUT2D eigenvalue weighted by Gasteiger charge is -2.32. The van der Waals surface area contributed by atoms with Gasteiger partial charge in [0.15, 0.2) is 28.4 Å². The highest BCUT2D eigenvalue weighted by Crippen LogP contribution is 2.40. The number of aromatic nitrogens is 2. The highest BCUT2D eigenvalue weighted by atomic mass is 35.5. The van der Waals surface area contributed by atoms with Crippen LogP contribution in [0.4, 0.5) is 11.6 Å². The van der Waals surface area contributed by atoms with E-state index in [1.54, 1.807) is 19.1 Å². The molecule has 1 aromatic carbocycles.